The van der Waals surface area contributed by atoms with Crippen molar-refractivity contribution in [2.24, 2.45) is 7.05 Å². The highest BCUT2D eigenvalue weighted by Crippen LogP contribution is 2.02. The molecule has 1 aromatic rings. The van der Waals surface area contributed by atoms with E-state index in [9.17, 15) is 0 Å². The van der Waals surface area contributed by atoms with Gasteiger partial charge in [-0.05, 0) is 7.05 Å². The smallest absolute Gasteiger partial charge is 0.295 e. The van der Waals surface area contributed by atoms with Crippen molar-refractivity contribution >= 4 is 0 Å². The number of hydrogen-bond acceptors (Lipinski definition) is 3. The van der Waals surface area contributed by atoms with E-state index < -0.39 is 0 Å². The summed E-state index contributed by atoms with van der Waals surface area (Å²) in [7, 11) is 3.80. The molecule has 4 nitrogen and oxygen atoms in total. The third-order valence-corrected chi connectivity index (χ3v) is 1.36. The van der Waals surface area contributed by atoms with Crippen LogP contribution in [-0.2, 0) is 7.05 Å². The summed E-state index contributed by atoms with van der Waals surface area (Å²) < 4.78 is 7.15. The van der Waals surface area contributed by atoms with Gasteiger partial charge in [0.1, 0.15) is 6.61 Å². The van der Waals surface area contributed by atoms with Gasteiger partial charge in [0.25, 0.3) is 6.01 Å². The molecule has 0 amide bonds. The van der Waals surface area contributed by atoms with Crippen LogP contribution in [0.3, 0.4) is 0 Å². The van der Waals surface area contributed by atoms with Crippen molar-refractivity contribution in [3.05, 3.63) is 12.4 Å². The molecule has 0 aliphatic rings. The predicted octanol–water partition coefficient (Wildman–Crippen LogP) is 0.0183. The first-order valence-corrected chi connectivity index (χ1v) is 3.59. The minimum Gasteiger partial charge on any atom is -0.463 e. The third-order valence-electron chi connectivity index (χ3n) is 1.36. The van der Waals surface area contributed by atoms with Crippen molar-refractivity contribution in [2.75, 3.05) is 20.2 Å². The number of hydrogen-bond donors (Lipinski definition) is 1. The average molecular weight is 155 g/mol. The topological polar surface area (TPSA) is 39.1 Å². The van der Waals surface area contributed by atoms with Crippen LogP contribution in [-0.4, -0.2) is 29.8 Å². The van der Waals surface area contributed by atoms with Gasteiger partial charge in [-0.15, -0.1) is 0 Å². The summed E-state index contributed by atoms with van der Waals surface area (Å²) in [6, 6.07) is 0.667. The highest BCUT2D eigenvalue weighted by molar-refractivity contribution is 4.96. The number of ether oxygens (including phenoxy) is 1. The van der Waals surface area contributed by atoms with Crippen LogP contribution in [0.15, 0.2) is 12.4 Å². The van der Waals surface area contributed by atoms with E-state index in [4.69, 9.17) is 4.74 Å². The van der Waals surface area contributed by atoms with E-state index in [-0.39, 0.29) is 0 Å². The molecule has 0 aliphatic carbocycles. The summed E-state index contributed by atoms with van der Waals surface area (Å²) in [5.41, 5.74) is 0. The van der Waals surface area contributed by atoms with E-state index in [1.54, 1.807) is 6.20 Å². The van der Waals surface area contributed by atoms with Crippen molar-refractivity contribution in [1.29, 1.82) is 0 Å². The zero-order valence-electron chi connectivity index (χ0n) is 6.87. The SMILES string of the molecule is CNCCOc1nccn1C. The molecule has 1 heterocycles. The summed E-state index contributed by atoms with van der Waals surface area (Å²) in [6.07, 6.45) is 3.57. The first kappa shape index (κ1) is 8.07. The Bertz CT molecular complexity index is 209. The molecular weight excluding hydrogens is 142 g/mol. The largest absolute Gasteiger partial charge is 0.463 e. The summed E-state index contributed by atoms with van der Waals surface area (Å²) in [5.74, 6) is 0. The summed E-state index contributed by atoms with van der Waals surface area (Å²) in [4.78, 5) is 4.00. The standard InChI is InChI=1S/C7H13N3O/c1-8-4-6-11-7-9-3-5-10(7)2/h3,5,8H,4,6H2,1-2H3. The maximum Gasteiger partial charge on any atom is 0.295 e. The van der Waals surface area contributed by atoms with Gasteiger partial charge in [-0.1, -0.05) is 0 Å². The molecule has 4 heteroatoms. The first-order valence-electron chi connectivity index (χ1n) is 3.59. The lowest BCUT2D eigenvalue weighted by atomic mass is 10.7. The Kier molecular flexibility index (Phi) is 2.92. The fourth-order valence-corrected chi connectivity index (χ4v) is 0.735. The minimum atomic E-state index is 0.654. The quantitative estimate of drug-likeness (QED) is 0.623. The highest BCUT2D eigenvalue weighted by Gasteiger charge is 1.96. The molecule has 1 N–H and O–H groups in total. The molecule has 0 fully saturated rings. The number of nitrogens with one attached hydrogen (secondary N) is 1. The molecule has 1 aromatic heterocycles. The monoisotopic (exact) mass is 155 g/mol. The Morgan fingerprint density at radius 1 is 1.73 bits per heavy atom. The molecule has 11 heavy (non-hydrogen) atoms. The molecule has 0 atom stereocenters. The molecule has 0 unspecified atom stereocenters. The van der Waals surface area contributed by atoms with Crippen molar-refractivity contribution in [2.45, 2.75) is 0 Å². The van der Waals surface area contributed by atoms with Crippen LogP contribution in [0.5, 0.6) is 6.01 Å². The van der Waals surface area contributed by atoms with E-state index in [1.165, 1.54) is 0 Å². The van der Waals surface area contributed by atoms with Gasteiger partial charge in [-0.3, -0.25) is 0 Å². The van der Waals surface area contributed by atoms with E-state index in [2.05, 4.69) is 10.3 Å². The lowest BCUT2D eigenvalue weighted by Gasteiger charge is -2.03. The lowest BCUT2D eigenvalue weighted by Crippen LogP contribution is -2.17. The summed E-state index contributed by atoms with van der Waals surface area (Å²) in [6.45, 7) is 1.49. The van der Waals surface area contributed by atoms with Crippen molar-refractivity contribution < 1.29 is 4.74 Å². The molecule has 0 saturated heterocycles. The lowest BCUT2D eigenvalue weighted by molar-refractivity contribution is 0.284. The molecule has 0 spiro atoms. The number of aryl methyl sites for hydroxylation is 1. The maximum absolute atomic E-state index is 5.31. The molecule has 62 valence electrons. The molecule has 0 aromatic carbocycles. The first-order chi connectivity index (χ1) is 5.34. The summed E-state index contributed by atoms with van der Waals surface area (Å²) >= 11 is 0. The zero-order chi connectivity index (χ0) is 8.10. The van der Waals surface area contributed by atoms with Crippen LogP contribution < -0.4 is 10.1 Å². The van der Waals surface area contributed by atoms with Crippen LogP contribution in [0.1, 0.15) is 0 Å². The number of nitrogens with zero attached hydrogens (tertiary/aromatic N) is 2. The maximum atomic E-state index is 5.31. The van der Waals surface area contributed by atoms with Gasteiger partial charge < -0.3 is 14.6 Å². The fourth-order valence-electron chi connectivity index (χ4n) is 0.735. The number of aromatic nitrogens is 2. The number of imidazole rings is 1. The molecule has 1 rings (SSSR count). The van der Waals surface area contributed by atoms with Crippen LogP contribution in [0.4, 0.5) is 0 Å². The van der Waals surface area contributed by atoms with Crippen LogP contribution in [0, 0.1) is 0 Å². The van der Waals surface area contributed by atoms with Gasteiger partial charge in [0.05, 0.1) is 0 Å². The Hall–Kier alpha value is -1.03. The fraction of sp³-hybridized carbons (Fsp3) is 0.571. The average Bonchev–Trinajstić information content (AvgIpc) is 2.37. The summed E-state index contributed by atoms with van der Waals surface area (Å²) in [5, 5.41) is 2.99. The van der Waals surface area contributed by atoms with Gasteiger partial charge in [-0.2, -0.15) is 0 Å². The Morgan fingerprint density at radius 2 is 2.55 bits per heavy atom. The van der Waals surface area contributed by atoms with Gasteiger partial charge in [0.15, 0.2) is 0 Å². The van der Waals surface area contributed by atoms with Gasteiger partial charge in [0, 0.05) is 26.0 Å². The Labute approximate surface area is 66.2 Å². The van der Waals surface area contributed by atoms with Crippen molar-refractivity contribution in [1.82, 2.24) is 14.9 Å². The van der Waals surface area contributed by atoms with Gasteiger partial charge in [0.2, 0.25) is 0 Å². The molecule has 0 bridgehead atoms. The van der Waals surface area contributed by atoms with Crippen molar-refractivity contribution in [3.8, 4) is 6.01 Å². The van der Waals surface area contributed by atoms with E-state index in [1.807, 2.05) is 24.9 Å². The third kappa shape index (κ3) is 2.23. The van der Waals surface area contributed by atoms with Gasteiger partial charge in [-0.25, -0.2) is 4.98 Å². The van der Waals surface area contributed by atoms with E-state index >= 15 is 0 Å². The molecule has 0 radical (unpaired) electrons. The van der Waals surface area contributed by atoms with Crippen LogP contribution in [0.2, 0.25) is 0 Å². The second-order valence-corrected chi connectivity index (χ2v) is 2.27. The highest BCUT2D eigenvalue weighted by atomic mass is 16.5. The van der Waals surface area contributed by atoms with Crippen molar-refractivity contribution in [3.63, 3.8) is 0 Å². The van der Waals surface area contributed by atoms with Crippen LogP contribution >= 0.6 is 0 Å². The second-order valence-electron chi connectivity index (χ2n) is 2.27. The molecular formula is C7H13N3O. The Morgan fingerprint density at radius 3 is 3.09 bits per heavy atom. The molecule has 0 saturated carbocycles. The van der Waals surface area contributed by atoms with Crippen LogP contribution in [0.25, 0.3) is 0 Å². The minimum absolute atomic E-state index is 0.654. The van der Waals surface area contributed by atoms with Gasteiger partial charge >= 0.3 is 0 Å². The number of rotatable bonds is 4. The van der Waals surface area contributed by atoms with E-state index in [0.29, 0.717) is 12.6 Å². The van der Waals surface area contributed by atoms with E-state index in [0.717, 1.165) is 6.54 Å². The Balaban J connectivity index is 2.32. The molecule has 0 aliphatic heterocycles. The normalized spacial score (nSPS) is 10.0. The zero-order valence-corrected chi connectivity index (χ0v) is 6.87. The number of likely N-dealkylation sites (N-methyl/N-ethyl adjacent to an activating group) is 1. The second kappa shape index (κ2) is 3.98. The predicted molar refractivity (Wildman–Crippen MR) is 42.6 cm³/mol.